The largest absolute Gasteiger partial charge is 0.353 e. The molecule has 0 aromatic heterocycles. The number of nitrogens with one attached hydrogen (secondary N) is 1. The summed E-state index contributed by atoms with van der Waals surface area (Å²) in [6.45, 7) is 6.07. The lowest BCUT2D eigenvalue weighted by Gasteiger charge is -2.26. The van der Waals surface area contributed by atoms with Crippen LogP contribution in [0.3, 0.4) is 0 Å². The number of rotatable bonds is 7. The third-order valence-corrected chi connectivity index (χ3v) is 3.98. The molecule has 5 heteroatoms. The van der Waals surface area contributed by atoms with Gasteiger partial charge in [0.2, 0.25) is 5.91 Å². The highest BCUT2D eigenvalue weighted by atomic mass is 32.2. The van der Waals surface area contributed by atoms with Crippen LogP contribution in [0.25, 0.3) is 0 Å². The molecule has 1 saturated heterocycles. The van der Waals surface area contributed by atoms with Crippen LogP contribution < -0.4 is 11.1 Å². The van der Waals surface area contributed by atoms with E-state index in [2.05, 4.69) is 17.1 Å². The van der Waals surface area contributed by atoms with Gasteiger partial charge >= 0.3 is 0 Å². The summed E-state index contributed by atoms with van der Waals surface area (Å²) in [4.78, 5) is 14.0. The molecule has 1 rings (SSSR count). The fourth-order valence-electron chi connectivity index (χ4n) is 1.85. The molecule has 100 valence electrons. The van der Waals surface area contributed by atoms with Crippen molar-refractivity contribution in [1.29, 1.82) is 0 Å². The average Bonchev–Trinajstić information content (AvgIpc) is 2.37. The maximum absolute atomic E-state index is 11.6. The van der Waals surface area contributed by atoms with Crippen molar-refractivity contribution in [3.05, 3.63) is 0 Å². The van der Waals surface area contributed by atoms with Crippen LogP contribution in [0.2, 0.25) is 0 Å². The minimum absolute atomic E-state index is 0.00448. The van der Waals surface area contributed by atoms with Crippen molar-refractivity contribution in [1.82, 2.24) is 10.2 Å². The molecule has 1 aliphatic rings. The predicted molar refractivity (Wildman–Crippen MR) is 74.3 cm³/mol. The molecule has 1 heterocycles. The Bertz CT molecular complexity index is 220. The minimum atomic E-state index is -0.327. The summed E-state index contributed by atoms with van der Waals surface area (Å²) >= 11 is 2.00. The molecule has 1 fully saturated rings. The summed E-state index contributed by atoms with van der Waals surface area (Å²) in [6, 6.07) is -0.327. The van der Waals surface area contributed by atoms with Crippen LogP contribution in [0.1, 0.15) is 26.2 Å². The number of carbonyl (C=O) groups is 1. The summed E-state index contributed by atoms with van der Waals surface area (Å²) in [5.74, 6) is 2.43. The Morgan fingerprint density at radius 3 is 2.82 bits per heavy atom. The first-order chi connectivity index (χ1) is 8.24. The highest BCUT2D eigenvalue weighted by molar-refractivity contribution is 7.99. The van der Waals surface area contributed by atoms with E-state index in [1.165, 1.54) is 11.5 Å². The van der Waals surface area contributed by atoms with Gasteiger partial charge in [0.25, 0.3) is 0 Å². The van der Waals surface area contributed by atoms with Crippen molar-refractivity contribution in [2.75, 3.05) is 37.7 Å². The normalized spacial score (nSPS) is 18.9. The van der Waals surface area contributed by atoms with Crippen LogP contribution in [0.4, 0.5) is 0 Å². The maximum Gasteiger partial charge on any atom is 0.236 e. The van der Waals surface area contributed by atoms with Gasteiger partial charge in [-0.15, -0.1) is 0 Å². The molecule has 0 spiro atoms. The lowest BCUT2D eigenvalue weighted by atomic mass is 10.1. The Morgan fingerprint density at radius 1 is 1.47 bits per heavy atom. The standard InChI is InChI=1S/C12H25N3OS/c1-2-3-4-11(13)12(16)14-5-6-15-7-9-17-10-8-15/h11H,2-10,13H2,1H3,(H,14,16)/t11-/m0/s1. The van der Waals surface area contributed by atoms with Gasteiger partial charge in [-0.2, -0.15) is 11.8 Å². The van der Waals surface area contributed by atoms with Gasteiger partial charge in [0, 0.05) is 37.7 Å². The summed E-state index contributed by atoms with van der Waals surface area (Å²) in [6.07, 6.45) is 2.91. The van der Waals surface area contributed by atoms with E-state index in [-0.39, 0.29) is 11.9 Å². The number of hydrogen-bond acceptors (Lipinski definition) is 4. The Hall–Kier alpha value is -0.260. The van der Waals surface area contributed by atoms with E-state index in [1.807, 2.05) is 11.8 Å². The van der Waals surface area contributed by atoms with E-state index in [0.29, 0.717) is 0 Å². The number of nitrogens with two attached hydrogens (primary N) is 1. The highest BCUT2D eigenvalue weighted by Crippen LogP contribution is 2.07. The molecule has 3 N–H and O–H groups in total. The van der Waals surface area contributed by atoms with Crippen molar-refractivity contribution < 1.29 is 4.79 Å². The first kappa shape index (κ1) is 14.8. The number of thioether (sulfide) groups is 1. The van der Waals surface area contributed by atoms with E-state index >= 15 is 0 Å². The molecule has 0 radical (unpaired) electrons. The number of hydrogen-bond donors (Lipinski definition) is 2. The third kappa shape index (κ3) is 6.29. The minimum Gasteiger partial charge on any atom is -0.353 e. The van der Waals surface area contributed by atoms with E-state index in [4.69, 9.17) is 5.73 Å². The molecule has 0 unspecified atom stereocenters. The van der Waals surface area contributed by atoms with Crippen molar-refractivity contribution >= 4 is 17.7 Å². The lowest BCUT2D eigenvalue weighted by molar-refractivity contribution is -0.122. The number of carbonyl (C=O) groups excluding carboxylic acids is 1. The number of amides is 1. The summed E-state index contributed by atoms with van der Waals surface area (Å²) in [5.41, 5.74) is 5.79. The third-order valence-electron chi connectivity index (χ3n) is 3.04. The molecule has 0 aliphatic carbocycles. The molecule has 0 aromatic carbocycles. The highest BCUT2D eigenvalue weighted by Gasteiger charge is 2.13. The van der Waals surface area contributed by atoms with Gasteiger partial charge in [0.05, 0.1) is 6.04 Å². The van der Waals surface area contributed by atoms with E-state index in [0.717, 1.165) is 45.4 Å². The molecular weight excluding hydrogens is 234 g/mol. The zero-order chi connectivity index (χ0) is 12.5. The van der Waals surface area contributed by atoms with Gasteiger partial charge < -0.3 is 11.1 Å². The van der Waals surface area contributed by atoms with Gasteiger partial charge in [0.1, 0.15) is 0 Å². The number of unbranched alkanes of at least 4 members (excludes halogenated alkanes) is 1. The van der Waals surface area contributed by atoms with Crippen LogP contribution in [-0.4, -0.2) is 54.5 Å². The SMILES string of the molecule is CCCC[C@H](N)C(=O)NCCN1CCSCC1. The van der Waals surface area contributed by atoms with Crippen molar-refractivity contribution in [3.8, 4) is 0 Å². The van der Waals surface area contributed by atoms with Crippen LogP contribution in [0.15, 0.2) is 0 Å². The Morgan fingerprint density at radius 2 is 2.18 bits per heavy atom. The van der Waals surface area contributed by atoms with Gasteiger partial charge in [0.15, 0.2) is 0 Å². The molecule has 4 nitrogen and oxygen atoms in total. The monoisotopic (exact) mass is 259 g/mol. The Labute approximate surface area is 109 Å². The van der Waals surface area contributed by atoms with Gasteiger partial charge in [-0.05, 0) is 6.42 Å². The zero-order valence-corrected chi connectivity index (χ0v) is 11.6. The predicted octanol–water partition coefficient (Wildman–Crippen LogP) is 0.669. The van der Waals surface area contributed by atoms with Gasteiger partial charge in [-0.3, -0.25) is 9.69 Å². The molecular formula is C12H25N3OS. The van der Waals surface area contributed by atoms with Gasteiger partial charge in [-0.1, -0.05) is 19.8 Å². The summed E-state index contributed by atoms with van der Waals surface area (Å²) < 4.78 is 0. The lowest BCUT2D eigenvalue weighted by Crippen LogP contribution is -2.44. The van der Waals surface area contributed by atoms with E-state index in [1.54, 1.807) is 0 Å². The summed E-state index contributed by atoms with van der Waals surface area (Å²) in [7, 11) is 0. The maximum atomic E-state index is 11.6. The molecule has 0 saturated carbocycles. The van der Waals surface area contributed by atoms with Crippen LogP contribution in [-0.2, 0) is 4.79 Å². The van der Waals surface area contributed by atoms with Crippen LogP contribution in [0, 0.1) is 0 Å². The van der Waals surface area contributed by atoms with Crippen LogP contribution in [0.5, 0.6) is 0 Å². The second-order valence-electron chi connectivity index (χ2n) is 4.49. The zero-order valence-electron chi connectivity index (χ0n) is 10.8. The molecule has 17 heavy (non-hydrogen) atoms. The average molecular weight is 259 g/mol. The second kappa shape index (κ2) is 8.78. The number of nitrogens with zero attached hydrogens (tertiary/aromatic N) is 1. The molecule has 0 aromatic rings. The first-order valence-corrected chi connectivity index (χ1v) is 7.73. The van der Waals surface area contributed by atoms with Gasteiger partial charge in [-0.25, -0.2) is 0 Å². The molecule has 1 aliphatic heterocycles. The van der Waals surface area contributed by atoms with E-state index in [9.17, 15) is 4.79 Å². The van der Waals surface area contributed by atoms with Crippen molar-refractivity contribution in [2.45, 2.75) is 32.2 Å². The first-order valence-electron chi connectivity index (χ1n) is 6.57. The van der Waals surface area contributed by atoms with Crippen molar-refractivity contribution in [3.63, 3.8) is 0 Å². The smallest absolute Gasteiger partial charge is 0.236 e. The van der Waals surface area contributed by atoms with Crippen LogP contribution >= 0.6 is 11.8 Å². The fourth-order valence-corrected chi connectivity index (χ4v) is 2.83. The molecule has 1 atom stereocenters. The topological polar surface area (TPSA) is 58.4 Å². The van der Waals surface area contributed by atoms with E-state index < -0.39 is 0 Å². The van der Waals surface area contributed by atoms with Crippen molar-refractivity contribution in [2.24, 2.45) is 5.73 Å². The quantitative estimate of drug-likeness (QED) is 0.705. The molecule has 1 amide bonds. The second-order valence-corrected chi connectivity index (χ2v) is 5.72. The Balaban J connectivity index is 2.06. The molecule has 0 bridgehead atoms. The Kier molecular flexibility index (Phi) is 7.64. The summed E-state index contributed by atoms with van der Waals surface area (Å²) in [5, 5.41) is 2.93. The fraction of sp³-hybridized carbons (Fsp3) is 0.917.